The summed E-state index contributed by atoms with van der Waals surface area (Å²) in [5.74, 6) is 0.946. The van der Waals surface area contributed by atoms with Gasteiger partial charge in [0.2, 0.25) is 0 Å². The van der Waals surface area contributed by atoms with E-state index in [1.165, 1.54) is 16.7 Å². The Labute approximate surface area is 117 Å². The molecule has 0 unspecified atom stereocenters. The van der Waals surface area contributed by atoms with E-state index in [2.05, 4.69) is 37.9 Å². The summed E-state index contributed by atoms with van der Waals surface area (Å²) in [4.78, 5) is 4.30. The smallest absolute Gasteiger partial charge is 0.122 e. The fraction of sp³-hybridized carbons (Fsp3) is 0.400. The summed E-state index contributed by atoms with van der Waals surface area (Å²) in [5, 5.41) is 11.9. The molecule has 4 heteroatoms. The summed E-state index contributed by atoms with van der Waals surface area (Å²) >= 11 is 1.57. The molecule has 2 aromatic rings. The molecular formula is C15H19NO2S. The molecular weight excluding hydrogens is 258 g/mol. The number of aliphatic hydroxyl groups is 1. The van der Waals surface area contributed by atoms with Crippen molar-refractivity contribution in [2.75, 3.05) is 6.61 Å². The Bertz CT molecular complexity index is 563. The van der Waals surface area contributed by atoms with Crippen LogP contribution in [0.4, 0.5) is 0 Å². The maximum atomic E-state index is 8.96. The molecule has 0 spiro atoms. The standard InChI is InChI=1S/C15H19NO2S/c1-10-6-12(3)14(7-11(10)2)18-5-4-15-16-13(8-17)9-19-15/h6-7,9,17H,4-5,8H2,1-3H3. The normalized spacial score (nSPS) is 10.7. The van der Waals surface area contributed by atoms with Crippen molar-refractivity contribution >= 4 is 11.3 Å². The number of aryl methyl sites for hydroxylation is 3. The van der Waals surface area contributed by atoms with Crippen LogP contribution in [0, 0.1) is 20.8 Å². The van der Waals surface area contributed by atoms with E-state index in [0.29, 0.717) is 6.61 Å². The molecule has 19 heavy (non-hydrogen) atoms. The molecule has 0 saturated carbocycles. The van der Waals surface area contributed by atoms with Crippen molar-refractivity contribution in [3.05, 3.63) is 44.9 Å². The molecule has 0 fully saturated rings. The van der Waals surface area contributed by atoms with Gasteiger partial charge in [0.1, 0.15) is 5.75 Å². The molecule has 1 heterocycles. The number of hydrogen-bond donors (Lipinski definition) is 1. The van der Waals surface area contributed by atoms with Crippen LogP contribution < -0.4 is 4.74 Å². The van der Waals surface area contributed by atoms with Crippen molar-refractivity contribution in [1.29, 1.82) is 0 Å². The van der Waals surface area contributed by atoms with Gasteiger partial charge in [-0.05, 0) is 43.5 Å². The van der Waals surface area contributed by atoms with Crippen LogP contribution in [0.1, 0.15) is 27.4 Å². The van der Waals surface area contributed by atoms with Crippen molar-refractivity contribution in [2.24, 2.45) is 0 Å². The molecule has 0 aliphatic rings. The van der Waals surface area contributed by atoms with Gasteiger partial charge in [0.05, 0.1) is 23.9 Å². The quantitative estimate of drug-likeness (QED) is 0.912. The first-order chi connectivity index (χ1) is 9.10. The highest BCUT2D eigenvalue weighted by Gasteiger charge is 2.05. The third-order valence-electron chi connectivity index (χ3n) is 3.13. The minimum Gasteiger partial charge on any atom is -0.493 e. The third kappa shape index (κ3) is 3.55. The summed E-state index contributed by atoms with van der Waals surface area (Å²) in [6.45, 7) is 6.89. The highest BCUT2D eigenvalue weighted by Crippen LogP contribution is 2.22. The van der Waals surface area contributed by atoms with Crippen LogP contribution in [0.15, 0.2) is 17.5 Å². The predicted octanol–water partition coefficient (Wildman–Crippen LogP) is 3.18. The Kier molecular flexibility index (Phi) is 4.56. The lowest BCUT2D eigenvalue weighted by Crippen LogP contribution is -2.03. The summed E-state index contributed by atoms with van der Waals surface area (Å²) in [5.41, 5.74) is 4.44. The van der Waals surface area contributed by atoms with E-state index in [9.17, 15) is 0 Å². The molecule has 0 atom stereocenters. The zero-order valence-electron chi connectivity index (χ0n) is 11.6. The second-order valence-corrected chi connectivity index (χ2v) is 5.63. The van der Waals surface area contributed by atoms with Crippen LogP contribution >= 0.6 is 11.3 Å². The average Bonchev–Trinajstić information content (AvgIpc) is 2.83. The molecule has 0 radical (unpaired) electrons. The lowest BCUT2D eigenvalue weighted by Gasteiger charge is -2.11. The van der Waals surface area contributed by atoms with Crippen molar-refractivity contribution in [3.8, 4) is 5.75 Å². The van der Waals surface area contributed by atoms with Crippen LogP contribution in [0.3, 0.4) is 0 Å². The zero-order chi connectivity index (χ0) is 13.8. The van der Waals surface area contributed by atoms with Crippen molar-refractivity contribution in [3.63, 3.8) is 0 Å². The minimum absolute atomic E-state index is 0.00756. The number of aromatic nitrogens is 1. The summed E-state index contributed by atoms with van der Waals surface area (Å²) in [7, 11) is 0. The van der Waals surface area contributed by atoms with Crippen molar-refractivity contribution in [1.82, 2.24) is 4.98 Å². The maximum absolute atomic E-state index is 8.96. The molecule has 0 bridgehead atoms. The molecule has 0 aliphatic heterocycles. The molecule has 1 N–H and O–H groups in total. The Morgan fingerprint density at radius 3 is 2.58 bits per heavy atom. The minimum atomic E-state index is 0.00756. The van der Waals surface area contributed by atoms with Gasteiger partial charge in [-0.3, -0.25) is 0 Å². The monoisotopic (exact) mass is 277 g/mol. The first-order valence-electron chi connectivity index (χ1n) is 6.35. The number of ether oxygens (including phenoxy) is 1. The first kappa shape index (κ1) is 14.0. The summed E-state index contributed by atoms with van der Waals surface area (Å²) in [6.07, 6.45) is 0.775. The summed E-state index contributed by atoms with van der Waals surface area (Å²) in [6, 6.07) is 4.24. The van der Waals surface area contributed by atoms with E-state index >= 15 is 0 Å². The van der Waals surface area contributed by atoms with E-state index in [1.807, 2.05) is 5.38 Å². The van der Waals surface area contributed by atoms with E-state index in [-0.39, 0.29) is 6.61 Å². The lowest BCUT2D eigenvalue weighted by atomic mass is 10.1. The number of thiazole rings is 1. The van der Waals surface area contributed by atoms with E-state index in [1.54, 1.807) is 11.3 Å². The van der Waals surface area contributed by atoms with Gasteiger partial charge in [-0.1, -0.05) is 6.07 Å². The van der Waals surface area contributed by atoms with E-state index < -0.39 is 0 Å². The Balaban J connectivity index is 1.94. The average molecular weight is 277 g/mol. The Hall–Kier alpha value is -1.39. The number of hydrogen-bond acceptors (Lipinski definition) is 4. The van der Waals surface area contributed by atoms with Crippen LogP contribution in [0.2, 0.25) is 0 Å². The molecule has 0 amide bonds. The van der Waals surface area contributed by atoms with Crippen LogP contribution in [0.25, 0.3) is 0 Å². The van der Waals surface area contributed by atoms with Crippen molar-refractivity contribution in [2.45, 2.75) is 33.8 Å². The van der Waals surface area contributed by atoms with Crippen LogP contribution in [0.5, 0.6) is 5.75 Å². The molecule has 102 valence electrons. The molecule has 0 aliphatic carbocycles. The number of aliphatic hydroxyl groups excluding tert-OH is 1. The first-order valence-corrected chi connectivity index (χ1v) is 7.23. The molecule has 0 saturated heterocycles. The second-order valence-electron chi connectivity index (χ2n) is 4.69. The fourth-order valence-corrected chi connectivity index (χ4v) is 2.64. The van der Waals surface area contributed by atoms with Gasteiger partial charge >= 0.3 is 0 Å². The highest BCUT2D eigenvalue weighted by molar-refractivity contribution is 7.09. The number of benzene rings is 1. The molecule has 3 nitrogen and oxygen atoms in total. The van der Waals surface area contributed by atoms with Gasteiger partial charge in [0, 0.05) is 11.8 Å². The number of nitrogens with zero attached hydrogens (tertiary/aromatic N) is 1. The SMILES string of the molecule is Cc1cc(C)c(OCCc2nc(CO)cs2)cc1C. The molecule has 1 aromatic heterocycles. The van der Waals surface area contributed by atoms with Gasteiger partial charge in [0.25, 0.3) is 0 Å². The summed E-state index contributed by atoms with van der Waals surface area (Å²) < 4.78 is 5.82. The van der Waals surface area contributed by atoms with Gasteiger partial charge in [-0.15, -0.1) is 11.3 Å². The van der Waals surface area contributed by atoms with Gasteiger partial charge in [0.15, 0.2) is 0 Å². The topological polar surface area (TPSA) is 42.4 Å². The highest BCUT2D eigenvalue weighted by atomic mass is 32.1. The molecule has 2 rings (SSSR count). The predicted molar refractivity (Wildman–Crippen MR) is 77.9 cm³/mol. The van der Waals surface area contributed by atoms with E-state index in [4.69, 9.17) is 9.84 Å². The van der Waals surface area contributed by atoms with Gasteiger partial charge in [-0.2, -0.15) is 0 Å². The van der Waals surface area contributed by atoms with Gasteiger partial charge in [-0.25, -0.2) is 4.98 Å². The Morgan fingerprint density at radius 2 is 1.89 bits per heavy atom. The van der Waals surface area contributed by atoms with Crippen LogP contribution in [-0.4, -0.2) is 16.7 Å². The molecule has 1 aromatic carbocycles. The third-order valence-corrected chi connectivity index (χ3v) is 4.08. The second kappa shape index (κ2) is 6.17. The largest absolute Gasteiger partial charge is 0.493 e. The Morgan fingerprint density at radius 1 is 1.16 bits per heavy atom. The lowest BCUT2D eigenvalue weighted by molar-refractivity contribution is 0.277. The fourth-order valence-electron chi connectivity index (χ4n) is 1.87. The van der Waals surface area contributed by atoms with Crippen LogP contribution in [-0.2, 0) is 13.0 Å². The maximum Gasteiger partial charge on any atom is 0.122 e. The van der Waals surface area contributed by atoms with Gasteiger partial charge < -0.3 is 9.84 Å². The van der Waals surface area contributed by atoms with E-state index in [0.717, 1.165) is 22.9 Å². The van der Waals surface area contributed by atoms with Crippen molar-refractivity contribution < 1.29 is 9.84 Å². The zero-order valence-corrected chi connectivity index (χ0v) is 12.4. The number of rotatable bonds is 5.